The first-order valence-corrected chi connectivity index (χ1v) is 4.89. The van der Waals surface area contributed by atoms with Crippen molar-refractivity contribution in [2.75, 3.05) is 7.11 Å². The zero-order chi connectivity index (χ0) is 9.14. The summed E-state index contributed by atoms with van der Waals surface area (Å²) < 4.78 is 4.52. The molecule has 1 heterocycles. The second kappa shape index (κ2) is 3.94. The number of methoxy groups -OCH3 is 1. The van der Waals surface area contributed by atoms with Gasteiger partial charge in [-0.2, -0.15) is 0 Å². The van der Waals surface area contributed by atoms with Gasteiger partial charge in [-0.05, 0) is 6.42 Å². The van der Waals surface area contributed by atoms with Crippen molar-refractivity contribution in [2.24, 2.45) is 0 Å². The number of carbonyl (C=O) groups is 2. The van der Waals surface area contributed by atoms with Crippen molar-refractivity contribution in [1.82, 2.24) is 0 Å². The summed E-state index contributed by atoms with van der Waals surface area (Å²) in [4.78, 5) is 22.2. The van der Waals surface area contributed by atoms with Crippen LogP contribution in [0.4, 0.5) is 0 Å². The highest BCUT2D eigenvalue weighted by atomic mass is 32.2. The van der Waals surface area contributed by atoms with Crippen molar-refractivity contribution in [3.8, 4) is 0 Å². The average Bonchev–Trinajstić information content (AvgIpc) is 2.45. The van der Waals surface area contributed by atoms with Gasteiger partial charge in [0.2, 0.25) is 0 Å². The predicted molar refractivity (Wildman–Crippen MR) is 47.1 cm³/mol. The summed E-state index contributed by atoms with van der Waals surface area (Å²) >= 11 is 1.43. The standard InChI is InChI=1S/C8H12O3S/c1-3-5-4-6(9)7(12-5)8(10)11-2/h5,7H,3-4H2,1-2H3. The van der Waals surface area contributed by atoms with E-state index >= 15 is 0 Å². The Bertz CT molecular complexity index is 202. The van der Waals surface area contributed by atoms with E-state index in [1.54, 1.807) is 0 Å². The third-order valence-corrected chi connectivity index (χ3v) is 3.53. The lowest BCUT2D eigenvalue weighted by Crippen LogP contribution is -2.23. The van der Waals surface area contributed by atoms with E-state index in [2.05, 4.69) is 4.74 Å². The summed E-state index contributed by atoms with van der Waals surface area (Å²) in [5.74, 6) is -0.389. The summed E-state index contributed by atoms with van der Waals surface area (Å²) in [5, 5.41) is -0.249. The molecular formula is C8H12O3S. The summed E-state index contributed by atoms with van der Waals surface area (Å²) in [6.45, 7) is 2.02. The fraction of sp³-hybridized carbons (Fsp3) is 0.750. The second-order valence-corrected chi connectivity index (χ2v) is 4.15. The van der Waals surface area contributed by atoms with Crippen LogP contribution in [0.1, 0.15) is 19.8 Å². The Balaban J connectivity index is 2.57. The highest BCUT2D eigenvalue weighted by molar-refractivity contribution is 8.02. The lowest BCUT2D eigenvalue weighted by molar-refractivity contribution is -0.142. The molecule has 2 atom stereocenters. The minimum atomic E-state index is -0.556. The Kier molecular flexibility index (Phi) is 3.14. The number of thioether (sulfide) groups is 1. The number of esters is 1. The fourth-order valence-electron chi connectivity index (χ4n) is 1.18. The second-order valence-electron chi connectivity index (χ2n) is 2.74. The largest absolute Gasteiger partial charge is 0.468 e. The molecular weight excluding hydrogens is 176 g/mol. The van der Waals surface area contributed by atoms with Crippen LogP contribution in [0, 0.1) is 0 Å². The zero-order valence-electron chi connectivity index (χ0n) is 7.20. The summed E-state index contributed by atoms with van der Waals surface area (Å²) in [5.41, 5.74) is 0. The molecule has 1 rings (SSSR count). The van der Waals surface area contributed by atoms with Crippen LogP contribution >= 0.6 is 11.8 Å². The topological polar surface area (TPSA) is 43.4 Å². The van der Waals surface area contributed by atoms with Gasteiger partial charge in [0.25, 0.3) is 0 Å². The quantitative estimate of drug-likeness (QED) is 0.479. The van der Waals surface area contributed by atoms with Crippen LogP contribution in [0.5, 0.6) is 0 Å². The molecule has 0 aromatic rings. The van der Waals surface area contributed by atoms with E-state index in [1.807, 2.05) is 6.92 Å². The lowest BCUT2D eigenvalue weighted by atomic mass is 10.1. The molecule has 0 aromatic carbocycles. The minimum absolute atomic E-state index is 0.0127. The van der Waals surface area contributed by atoms with Crippen LogP contribution in [-0.4, -0.2) is 29.4 Å². The van der Waals surface area contributed by atoms with Crippen molar-refractivity contribution in [3.05, 3.63) is 0 Å². The molecule has 4 heteroatoms. The Morgan fingerprint density at radius 3 is 2.83 bits per heavy atom. The fourth-order valence-corrected chi connectivity index (χ4v) is 2.48. The van der Waals surface area contributed by atoms with Gasteiger partial charge in [0.05, 0.1) is 7.11 Å². The highest BCUT2D eigenvalue weighted by Gasteiger charge is 2.37. The SMILES string of the molecule is CCC1CC(=O)C(C(=O)OC)S1. The average molecular weight is 188 g/mol. The first-order valence-electron chi connectivity index (χ1n) is 3.95. The number of hydrogen-bond donors (Lipinski definition) is 0. The van der Waals surface area contributed by atoms with Crippen molar-refractivity contribution >= 4 is 23.5 Å². The Hall–Kier alpha value is -0.510. The number of Topliss-reactive ketones (excluding diaryl/α,β-unsaturated/α-hetero) is 1. The number of carbonyl (C=O) groups excluding carboxylic acids is 2. The number of ether oxygens (including phenoxy) is 1. The molecule has 0 saturated carbocycles. The molecule has 0 radical (unpaired) electrons. The molecule has 0 aliphatic carbocycles. The number of ketones is 1. The third-order valence-electron chi connectivity index (χ3n) is 1.92. The Labute approximate surface area is 75.8 Å². The van der Waals surface area contributed by atoms with Crippen molar-refractivity contribution < 1.29 is 14.3 Å². The molecule has 2 unspecified atom stereocenters. The molecule has 0 spiro atoms. The first kappa shape index (κ1) is 9.58. The monoisotopic (exact) mass is 188 g/mol. The van der Waals surface area contributed by atoms with E-state index in [0.717, 1.165) is 6.42 Å². The van der Waals surface area contributed by atoms with Gasteiger partial charge in [-0.1, -0.05) is 6.92 Å². The molecule has 3 nitrogen and oxygen atoms in total. The van der Waals surface area contributed by atoms with Crippen LogP contribution < -0.4 is 0 Å². The van der Waals surface area contributed by atoms with Gasteiger partial charge in [0, 0.05) is 11.7 Å². The molecule has 0 aromatic heterocycles. The van der Waals surface area contributed by atoms with Gasteiger partial charge in [-0.3, -0.25) is 9.59 Å². The van der Waals surface area contributed by atoms with Crippen LogP contribution in [0.3, 0.4) is 0 Å². The van der Waals surface area contributed by atoms with E-state index in [1.165, 1.54) is 18.9 Å². The lowest BCUT2D eigenvalue weighted by Gasteiger charge is -2.05. The van der Waals surface area contributed by atoms with Crippen LogP contribution in [-0.2, 0) is 14.3 Å². The van der Waals surface area contributed by atoms with Gasteiger partial charge in [-0.15, -0.1) is 11.8 Å². The Morgan fingerprint density at radius 2 is 2.42 bits per heavy atom. The molecule has 0 bridgehead atoms. The van der Waals surface area contributed by atoms with E-state index in [-0.39, 0.29) is 5.78 Å². The molecule has 12 heavy (non-hydrogen) atoms. The van der Waals surface area contributed by atoms with Gasteiger partial charge in [-0.25, -0.2) is 0 Å². The predicted octanol–water partition coefficient (Wildman–Crippen LogP) is 1.01. The number of rotatable bonds is 2. The van der Waals surface area contributed by atoms with Crippen LogP contribution in [0.2, 0.25) is 0 Å². The molecule has 1 aliphatic rings. The maximum atomic E-state index is 11.2. The molecule has 1 aliphatic heterocycles. The third kappa shape index (κ3) is 1.80. The van der Waals surface area contributed by atoms with Gasteiger partial charge < -0.3 is 4.74 Å². The first-order chi connectivity index (χ1) is 5.69. The maximum Gasteiger partial charge on any atom is 0.326 e. The number of hydrogen-bond acceptors (Lipinski definition) is 4. The molecule has 1 fully saturated rings. The molecule has 68 valence electrons. The zero-order valence-corrected chi connectivity index (χ0v) is 8.02. The van der Waals surface area contributed by atoms with E-state index in [4.69, 9.17) is 0 Å². The van der Waals surface area contributed by atoms with Gasteiger partial charge in [0.15, 0.2) is 11.0 Å². The van der Waals surface area contributed by atoms with Crippen molar-refractivity contribution in [3.63, 3.8) is 0 Å². The summed E-state index contributed by atoms with van der Waals surface area (Å²) in [6, 6.07) is 0. The van der Waals surface area contributed by atoms with Crippen LogP contribution in [0.25, 0.3) is 0 Å². The van der Waals surface area contributed by atoms with E-state index in [9.17, 15) is 9.59 Å². The van der Waals surface area contributed by atoms with Gasteiger partial charge >= 0.3 is 5.97 Å². The van der Waals surface area contributed by atoms with E-state index < -0.39 is 11.2 Å². The normalized spacial score (nSPS) is 29.0. The summed E-state index contributed by atoms with van der Waals surface area (Å²) in [6.07, 6.45) is 1.45. The van der Waals surface area contributed by atoms with Crippen LogP contribution in [0.15, 0.2) is 0 Å². The molecule has 1 saturated heterocycles. The highest BCUT2D eigenvalue weighted by Crippen LogP contribution is 2.33. The van der Waals surface area contributed by atoms with Gasteiger partial charge in [0.1, 0.15) is 0 Å². The Morgan fingerprint density at radius 1 is 1.75 bits per heavy atom. The van der Waals surface area contributed by atoms with E-state index in [0.29, 0.717) is 11.7 Å². The minimum Gasteiger partial charge on any atom is -0.468 e. The van der Waals surface area contributed by atoms with Crippen molar-refractivity contribution in [1.29, 1.82) is 0 Å². The molecule has 0 amide bonds. The summed E-state index contributed by atoms with van der Waals surface area (Å²) in [7, 11) is 1.31. The van der Waals surface area contributed by atoms with Crippen molar-refractivity contribution in [2.45, 2.75) is 30.3 Å². The maximum absolute atomic E-state index is 11.2. The molecule has 0 N–H and O–H groups in total. The smallest absolute Gasteiger partial charge is 0.326 e.